The molecule has 4 bridgehead atoms. The minimum atomic E-state index is -0.0583. The molecule has 1 aromatic carbocycles. The number of benzene rings is 1. The summed E-state index contributed by atoms with van der Waals surface area (Å²) in [6.45, 7) is 3.09. The van der Waals surface area contributed by atoms with Gasteiger partial charge in [-0.1, -0.05) is 17.7 Å². The molecule has 1 amide bonds. The van der Waals surface area contributed by atoms with Gasteiger partial charge in [-0.25, -0.2) is 14.6 Å². The molecule has 1 aliphatic heterocycles. The topological polar surface area (TPSA) is 67.2 Å². The smallest absolute Gasteiger partial charge is 0.228 e. The molecular weight excluding hydrogens is 448 g/mol. The third kappa shape index (κ3) is 3.23. The summed E-state index contributed by atoms with van der Waals surface area (Å²) in [5.41, 5.74) is 1.58. The van der Waals surface area contributed by atoms with Gasteiger partial charge in [0.2, 0.25) is 5.91 Å². The molecule has 0 radical (unpaired) electrons. The normalized spacial score (nSPS) is 30.3. The van der Waals surface area contributed by atoms with Gasteiger partial charge in [0.05, 0.1) is 22.7 Å². The lowest BCUT2D eigenvalue weighted by Gasteiger charge is -2.57. The molecule has 0 spiro atoms. The van der Waals surface area contributed by atoms with E-state index in [9.17, 15) is 4.79 Å². The molecule has 8 heteroatoms. The van der Waals surface area contributed by atoms with Crippen molar-refractivity contribution < 1.29 is 4.79 Å². The number of aromatic nitrogens is 4. The second-order valence-electron chi connectivity index (χ2n) is 10.9. The predicted octanol–water partition coefficient (Wildman–Crippen LogP) is 4.33. The molecule has 34 heavy (non-hydrogen) atoms. The Morgan fingerprint density at radius 2 is 1.68 bits per heavy atom. The highest BCUT2D eigenvalue weighted by Gasteiger charge is 2.55. The van der Waals surface area contributed by atoms with Crippen molar-refractivity contribution in [2.45, 2.75) is 38.5 Å². The van der Waals surface area contributed by atoms with Crippen LogP contribution in [0.2, 0.25) is 5.02 Å². The van der Waals surface area contributed by atoms with Gasteiger partial charge >= 0.3 is 0 Å². The van der Waals surface area contributed by atoms with Crippen LogP contribution in [0.15, 0.2) is 36.8 Å². The number of amides is 1. The molecular formula is C26H29ClN6O. The molecule has 5 fully saturated rings. The SMILES string of the molecule is O=C(N1CCN(c2ncnc3c2cnn3-c2cccc(Cl)c2)CC1)C12CC3CC(CC(C3)C1)C2. The van der Waals surface area contributed by atoms with E-state index >= 15 is 0 Å². The number of rotatable bonds is 3. The summed E-state index contributed by atoms with van der Waals surface area (Å²) in [6, 6.07) is 7.61. The lowest BCUT2D eigenvalue weighted by atomic mass is 9.49. The summed E-state index contributed by atoms with van der Waals surface area (Å²) in [6.07, 6.45) is 10.9. The maximum atomic E-state index is 13.8. The van der Waals surface area contributed by atoms with E-state index in [4.69, 9.17) is 11.6 Å². The summed E-state index contributed by atoms with van der Waals surface area (Å²) >= 11 is 6.19. The largest absolute Gasteiger partial charge is 0.352 e. The van der Waals surface area contributed by atoms with Crippen molar-refractivity contribution >= 4 is 34.4 Å². The number of hydrogen-bond acceptors (Lipinski definition) is 5. The van der Waals surface area contributed by atoms with Crippen molar-refractivity contribution in [3.05, 3.63) is 41.8 Å². The number of fused-ring (bicyclic) bond motifs is 1. The van der Waals surface area contributed by atoms with Crippen molar-refractivity contribution in [2.24, 2.45) is 23.2 Å². The Labute approximate surface area is 204 Å². The van der Waals surface area contributed by atoms with Gasteiger partial charge in [-0.2, -0.15) is 5.10 Å². The Morgan fingerprint density at radius 3 is 2.35 bits per heavy atom. The number of piperazine rings is 1. The second kappa shape index (κ2) is 7.67. The van der Waals surface area contributed by atoms with Gasteiger partial charge in [-0.15, -0.1) is 0 Å². The van der Waals surface area contributed by atoms with Crippen LogP contribution in [0.5, 0.6) is 0 Å². The minimum Gasteiger partial charge on any atom is -0.352 e. The van der Waals surface area contributed by atoms with Gasteiger partial charge in [-0.05, 0) is 74.5 Å². The first-order chi connectivity index (χ1) is 16.6. The molecule has 176 valence electrons. The maximum Gasteiger partial charge on any atom is 0.228 e. The average molecular weight is 477 g/mol. The minimum absolute atomic E-state index is 0.0583. The molecule has 1 saturated heterocycles. The van der Waals surface area contributed by atoms with E-state index in [1.807, 2.05) is 30.5 Å². The Hall–Kier alpha value is -2.67. The summed E-state index contributed by atoms with van der Waals surface area (Å²) in [5.74, 6) is 3.71. The fraction of sp³-hybridized carbons (Fsp3) is 0.538. The van der Waals surface area contributed by atoms with E-state index in [1.165, 1.54) is 19.3 Å². The van der Waals surface area contributed by atoms with Crippen molar-refractivity contribution in [3.8, 4) is 5.69 Å². The molecule has 0 atom stereocenters. The van der Waals surface area contributed by atoms with E-state index < -0.39 is 0 Å². The van der Waals surface area contributed by atoms with Gasteiger partial charge in [0.1, 0.15) is 12.1 Å². The van der Waals surface area contributed by atoms with Crippen LogP contribution < -0.4 is 4.90 Å². The van der Waals surface area contributed by atoms with Gasteiger partial charge in [0.15, 0.2) is 5.65 Å². The summed E-state index contributed by atoms with van der Waals surface area (Å²) in [4.78, 5) is 27.3. The zero-order valence-electron chi connectivity index (χ0n) is 19.2. The predicted molar refractivity (Wildman–Crippen MR) is 131 cm³/mol. The Morgan fingerprint density at radius 1 is 0.971 bits per heavy atom. The first-order valence-electron chi connectivity index (χ1n) is 12.6. The standard InChI is InChI=1S/C26H29ClN6O/c27-20-2-1-3-21(11-20)33-24-22(15-30-33)23(28-16-29-24)31-4-6-32(7-5-31)25(34)26-12-17-8-18(13-26)10-19(9-17)14-26/h1-3,11,15-19H,4-10,12-14H2. The molecule has 0 unspecified atom stereocenters. The molecule has 4 saturated carbocycles. The van der Waals surface area contributed by atoms with E-state index in [1.54, 1.807) is 11.0 Å². The first-order valence-corrected chi connectivity index (χ1v) is 12.9. The van der Waals surface area contributed by atoms with Gasteiger partial charge in [0, 0.05) is 31.2 Å². The third-order valence-electron chi connectivity index (χ3n) is 8.76. The number of nitrogens with zero attached hydrogens (tertiary/aromatic N) is 6. The van der Waals surface area contributed by atoms with Crippen LogP contribution in [0.3, 0.4) is 0 Å². The fourth-order valence-corrected chi connectivity index (χ4v) is 7.89. The summed E-state index contributed by atoms with van der Waals surface area (Å²) in [5, 5.41) is 6.16. The van der Waals surface area contributed by atoms with Gasteiger partial charge in [0.25, 0.3) is 0 Å². The average Bonchev–Trinajstić information content (AvgIpc) is 3.27. The van der Waals surface area contributed by atoms with Crippen molar-refractivity contribution in [3.63, 3.8) is 0 Å². The maximum absolute atomic E-state index is 13.8. The quantitative estimate of drug-likeness (QED) is 0.562. The number of halogens is 1. The second-order valence-corrected chi connectivity index (χ2v) is 11.4. The van der Waals surface area contributed by atoms with E-state index in [0.717, 1.165) is 85.7 Å². The molecule has 3 heterocycles. The molecule has 5 aliphatic rings. The van der Waals surface area contributed by atoms with Crippen LogP contribution in [0, 0.1) is 23.2 Å². The summed E-state index contributed by atoms with van der Waals surface area (Å²) < 4.78 is 1.80. The molecule has 3 aromatic rings. The van der Waals surface area contributed by atoms with E-state index in [0.29, 0.717) is 10.9 Å². The van der Waals surface area contributed by atoms with Gasteiger partial charge < -0.3 is 9.80 Å². The van der Waals surface area contributed by atoms with Crippen molar-refractivity contribution in [2.75, 3.05) is 31.1 Å². The highest BCUT2D eigenvalue weighted by atomic mass is 35.5. The molecule has 0 N–H and O–H groups in total. The van der Waals surface area contributed by atoms with Crippen LogP contribution in [0.1, 0.15) is 38.5 Å². The van der Waals surface area contributed by atoms with Crippen LogP contribution in [-0.2, 0) is 4.79 Å². The highest BCUT2D eigenvalue weighted by Crippen LogP contribution is 2.60. The number of carbonyl (C=O) groups excluding carboxylic acids is 1. The van der Waals surface area contributed by atoms with Crippen LogP contribution in [0.4, 0.5) is 5.82 Å². The lowest BCUT2D eigenvalue weighted by molar-refractivity contribution is -0.158. The van der Waals surface area contributed by atoms with E-state index in [-0.39, 0.29) is 5.41 Å². The van der Waals surface area contributed by atoms with Crippen LogP contribution in [0.25, 0.3) is 16.7 Å². The van der Waals surface area contributed by atoms with Crippen LogP contribution >= 0.6 is 11.6 Å². The first kappa shape index (κ1) is 20.7. The van der Waals surface area contributed by atoms with Crippen molar-refractivity contribution in [1.29, 1.82) is 0 Å². The molecule has 4 aliphatic carbocycles. The monoisotopic (exact) mass is 476 g/mol. The third-order valence-corrected chi connectivity index (χ3v) is 8.99. The molecule has 2 aromatic heterocycles. The number of anilines is 1. The number of carbonyl (C=O) groups is 1. The summed E-state index contributed by atoms with van der Waals surface area (Å²) in [7, 11) is 0. The highest BCUT2D eigenvalue weighted by molar-refractivity contribution is 6.30. The number of hydrogen-bond donors (Lipinski definition) is 0. The zero-order valence-corrected chi connectivity index (χ0v) is 20.0. The Kier molecular flexibility index (Phi) is 4.66. The Balaban J connectivity index is 1.10. The molecule has 7 nitrogen and oxygen atoms in total. The lowest BCUT2D eigenvalue weighted by Crippen LogP contribution is -2.58. The zero-order chi connectivity index (χ0) is 22.9. The van der Waals surface area contributed by atoms with Crippen LogP contribution in [-0.4, -0.2) is 56.7 Å². The van der Waals surface area contributed by atoms with E-state index in [2.05, 4.69) is 24.9 Å². The molecule has 8 rings (SSSR count). The fourth-order valence-electron chi connectivity index (χ4n) is 7.71. The Bertz CT molecular complexity index is 1230. The van der Waals surface area contributed by atoms with Crippen molar-refractivity contribution in [1.82, 2.24) is 24.6 Å². The van der Waals surface area contributed by atoms with Gasteiger partial charge in [-0.3, -0.25) is 4.79 Å².